The lowest BCUT2D eigenvalue weighted by Crippen LogP contribution is -2.47. The van der Waals surface area contributed by atoms with Crippen molar-refractivity contribution in [3.8, 4) is 0 Å². The van der Waals surface area contributed by atoms with E-state index in [2.05, 4.69) is 26.1 Å². The third kappa shape index (κ3) is 5.01. The number of rotatable bonds is 3. The molecule has 1 saturated heterocycles. The van der Waals surface area contributed by atoms with Crippen molar-refractivity contribution in [2.24, 2.45) is 5.92 Å². The van der Waals surface area contributed by atoms with Crippen molar-refractivity contribution in [3.05, 3.63) is 33.8 Å². The van der Waals surface area contributed by atoms with E-state index in [0.29, 0.717) is 10.4 Å². The highest BCUT2D eigenvalue weighted by Gasteiger charge is 2.36. The minimum Gasteiger partial charge on any atom is -0.314 e. The fraction of sp³-hybridized carbons (Fsp3) is 0.625. The van der Waals surface area contributed by atoms with E-state index in [9.17, 15) is 13.2 Å². The molecule has 1 aromatic rings. The van der Waals surface area contributed by atoms with Gasteiger partial charge in [-0.3, -0.25) is 4.90 Å². The Balaban J connectivity index is 0.00000144. The first-order valence-electron chi connectivity index (χ1n) is 7.77. The first-order valence-corrected chi connectivity index (χ1v) is 8.57. The van der Waals surface area contributed by atoms with Crippen LogP contribution in [0.15, 0.2) is 22.7 Å². The summed E-state index contributed by atoms with van der Waals surface area (Å²) in [5.74, 6) is 0.480. The van der Waals surface area contributed by atoms with Crippen LogP contribution in [-0.2, 0) is 6.18 Å². The molecule has 138 valence electrons. The van der Waals surface area contributed by atoms with E-state index in [4.69, 9.17) is 0 Å². The van der Waals surface area contributed by atoms with Crippen molar-refractivity contribution in [2.45, 2.75) is 31.5 Å². The Labute approximate surface area is 161 Å². The summed E-state index contributed by atoms with van der Waals surface area (Å²) >= 11 is 3.26. The summed E-state index contributed by atoms with van der Waals surface area (Å²) in [4.78, 5) is 2.35. The Morgan fingerprint density at radius 2 is 1.71 bits per heavy atom. The molecule has 1 atom stereocenters. The Morgan fingerprint density at radius 1 is 1.08 bits per heavy atom. The predicted molar refractivity (Wildman–Crippen MR) is 98.2 cm³/mol. The SMILES string of the molecule is Cl.Cl.FC(F)(F)c1cc(Br)cc([C@@H](C2CCC2)N2CCNCC2)c1. The topological polar surface area (TPSA) is 15.3 Å². The minimum atomic E-state index is -4.30. The molecule has 0 unspecified atom stereocenters. The Hall–Kier alpha value is -0.0100. The Kier molecular flexibility index (Phi) is 8.34. The van der Waals surface area contributed by atoms with E-state index in [0.717, 1.165) is 44.6 Å². The number of alkyl halides is 3. The van der Waals surface area contributed by atoms with Gasteiger partial charge in [-0.2, -0.15) is 13.2 Å². The van der Waals surface area contributed by atoms with Crippen LogP contribution in [0.1, 0.15) is 36.4 Å². The fourth-order valence-corrected chi connectivity index (χ4v) is 3.95. The fourth-order valence-electron chi connectivity index (χ4n) is 3.44. The number of benzene rings is 1. The van der Waals surface area contributed by atoms with Gasteiger partial charge in [0.2, 0.25) is 0 Å². The van der Waals surface area contributed by atoms with Crippen LogP contribution in [0, 0.1) is 5.92 Å². The first-order chi connectivity index (χ1) is 10.4. The van der Waals surface area contributed by atoms with Gasteiger partial charge in [-0.1, -0.05) is 22.4 Å². The van der Waals surface area contributed by atoms with E-state index in [-0.39, 0.29) is 30.9 Å². The number of hydrogen-bond donors (Lipinski definition) is 1. The maximum absolute atomic E-state index is 13.1. The number of nitrogens with one attached hydrogen (secondary N) is 1. The van der Waals surface area contributed by atoms with Gasteiger partial charge in [-0.25, -0.2) is 0 Å². The number of hydrogen-bond acceptors (Lipinski definition) is 2. The molecule has 1 aliphatic heterocycles. The van der Waals surface area contributed by atoms with Gasteiger partial charge in [0, 0.05) is 36.7 Å². The lowest BCUT2D eigenvalue weighted by molar-refractivity contribution is -0.137. The highest BCUT2D eigenvalue weighted by Crippen LogP contribution is 2.43. The number of piperazine rings is 1. The second-order valence-corrected chi connectivity index (χ2v) is 7.11. The standard InChI is InChI=1S/C16H20BrF3N2.2ClH/c17-14-9-12(8-13(10-14)16(18,19)20)15(11-2-1-3-11)22-6-4-21-5-7-22;;/h8-11,15,21H,1-7H2;2*1H/t15-;;/m1../s1. The summed E-state index contributed by atoms with van der Waals surface area (Å²) in [6.45, 7) is 3.61. The molecule has 2 fully saturated rings. The largest absolute Gasteiger partial charge is 0.416 e. The molecule has 1 aromatic carbocycles. The van der Waals surface area contributed by atoms with Crippen LogP contribution in [0.3, 0.4) is 0 Å². The molecule has 1 heterocycles. The molecule has 1 saturated carbocycles. The molecule has 0 radical (unpaired) electrons. The van der Waals surface area contributed by atoms with Crippen LogP contribution in [-0.4, -0.2) is 31.1 Å². The van der Waals surface area contributed by atoms with Gasteiger partial charge < -0.3 is 5.32 Å². The van der Waals surface area contributed by atoms with Crippen molar-refractivity contribution in [3.63, 3.8) is 0 Å². The summed E-state index contributed by atoms with van der Waals surface area (Å²) in [5, 5.41) is 3.31. The summed E-state index contributed by atoms with van der Waals surface area (Å²) in [6, 6.07) is 4.48. The van der Waals surface area contributed by atoms with Crippen LogP contribution >= 0.6 is 40.7 Å². The molecule has 0 aromatic heterocycles. The van der Waals surface area contributed by atoms with Crippen molar-refractivity contribution in [1.82, 2.24) is 10.2 Å². The van der Waals surface area contributed by atoms with Gasteiger partial charge in [-0.05, 0) is 42.5 Å². The molecule has 0 spiro atoms. The zero-order valence-electron chi connectivity index (χ0n) is 13.1. The van der Waals surface area contributed by atoms with Gasteiger partial charge in [0.15, 0.2) is 0 Å². The molecule has 2 aliphatic rings. The summed E-state index contributed by atoms with van der Waals surface area (Å²) < 4.78 is 39.8. The maximum atomic E-state index is 13.1. The molecule has 1 N–H and O–H groups in total. The van der Waals surface area contributed by atoms with E-state index in [1.54, 1.807) is 0 Å². The summed E-state index contributed by atoms with van der Waals surface area (Å²) in [5.41, 5.74) is 0.240. The highest BCUT2D eigenvalue weighted by molar-refractivity contribution is 9.10. The van der Waals surface area contributed by atoms with Crippen LogP contribution in [0.5, 0.6) is 0 Å². The van der Waals surface area contributed by atoms with Gasteiger partial charge in [0.25, 0.3) is 0 Å². The summed E-state index contributed by atoms with van der Waals surface area (Å²) in [6.07, 6.45) is -0.884. The van der Waals surface area contributed by atoms with Gasteiger partial charge in [-0.15, -0.1) is 24.8 Å². The Morgan fingerprint density at radius 3 is 2.21 bits per heavy atom. The normalized spacial score (nSPS) is 20.5. The molecule has 24 heavy (non-hydrogen) atoms. The lowest BCUT2D eigenvalue weighted by Gasteiger charge is -2.43. The second kappa shape index (κ2) is 9.08. The van der Waals surface area contributed by atoms with Crippen LogP contribution in [0.25, 0.3) is 0 Å². The molecular weight excluding hydrogens is 428 g/mol. The molecule has 1 aliphatic carbocycles. The molecule has 8 heteroatoms. The van der Waals surface area contributed by atoms with Crippen molar-refractivity contribution in [1.29, 1.82) is 0 Å². The minimum absolute atomic E-state index is 0. The monoisotopic (exact) mass is 448 g/mol. The van der Waals surface area contributed by atoms with Crippen molar-refractivity contribution < 1.29 is 13.2 Å². The van der Waals surface area contributed by atoms with Gasteiger partial charge >= 0.3 is 6.18 Å². The van der Waals surface area contributed by atoms with Gasteiger partial charge in [0.05, 0.1) is 5.56 Å². The maximum Gasteiger partial charge on any atom is 0.416 e. The third-order valence-electron chi connectivity index (χ3n) is 4.73. The Bertz CT molecular complexity index is 533. The zero-order valence-corrected chi connectivity index (χ0v) is 16.3. The van der Waals surface area contributed by atoms with Crippen LogP contribution < -0.4 is 5.32 Å². The van der Waals surface area contributed by atoms with E-state index in [1.807, 2.05) is 6.07 Å². The first kappa shape index (κ1) is 22.0. The van der Waals surface area contributed by atoms with E-state index >= 15 is 0 Å². The van der Waals surface area contributed by atoms with Crippen molar-refractivity contribution >= 4 is 40.7 Å². The molecule has 3 rings (SSSR count). The predicted octanol–water partition coefficient (Wildman–Crippen LogP) is 5.06. The molecule has 0 bridgehead atoms. The van der Waals surface area contributed by atoms with E-state index < -0.39 is 11.7 Å². The summed E-state index contributed by atoms with van der Waals surface area (Å²) in [7, 11) is 0. The van der Waals surface area contributed by atoms with Crippen LogP contribution in [0.2, 0.25) is 0 Å². The number of nitrogens with zero attached hydrogens (tertiary/aromatic N) is 1. The quantitative estimate of drug-likeness (QED) is 0.693. The third-order valence-corrected chi connectivity index (χ3v) is 5.19. The molecule has 0 amide bonds. The number of halogens is 6. The molecule has 2 nitrogen and oxygen atoms in total. The second-order valence-electron chi connectivity index (χ2n) is 6.19. The van der Waals surface area contributed by atoms with Crippen molar-refractivity contribution in [2.75, 3.05) is 26.2 Å². The van der Waals surface area contributed by atoms with E-state index in [1.165, 1.54) is 18.6 Å². The average molecular weight is 450 g/mol. The smallest absolute Gasteiger partial charge is 0.314 e. The highest BCUT2D eigenvalue weighted by atomic mass is 79.9. The average Bonchev–Trinajstić information content (AvgIpc) is 2.42. The lowest BCUT2D eigenvalue weighted by atomic mass is 9.76. The zero-order chi connectivity index (χ0) is 15.7. The van der Waals surface area contributed by atoms with Crippen LogP contribution in [0.4, 0.5) is 13.2 Å². The van der Waals surface area contributed by atoms with Gasteiger partial charge in [0.1, 0.15) is 0 Å². The molecular formula is C16H22BrCl2F3N2.